The molecule has 4 rings (SSSR count). The van der Waals surface area contributed by atoms with Crippen molar-refractivity contribution in [2.24, 2.45) is 0 Å². The number of hydrogen-bond donors (Lipinski definition) is 1. The number of hydrogen-bond acceptors (Lipinski definition) is 7. The van der Waals surface area contributed by atoms with Gasteiger partial charge in [-0.2, -0.15) is 5.26 Å². The minimum atomic E-state index is -0.379. The van der Waals surface area contributed by atoms with E-state index >= 15 is 0 Å². The maximum Gasteiger partial charge on any atom is 0.277 e. The van der Waals surface area contributed by atoms with Gasteiger partial charge in [-0.1, -0.05) is 18.2 Å². The highest BCUT2D eigenvalue weighted by molar-refractivity contribution is 8.00. The summed E-state index contributed by atoms with van der Waals surface area (Å²) in [6.07, 6.45) is 7.60. The lowest BCUT2D eigenvalue weighted by molar-refractivity contribution is -0.115. The molecule has 136 valence electrons. The summed E-state index contributed by atoms with van der Waals surface area (Å²) < 4.78 is 5.61. The summed E-state index contributed by atoms with van der Waals surface area (Å²) in [5.74, 6) is 0.934. The van der Waals surface area contributed by atoms with Gasteiger partial charge in [0.15, 0.2) is 0 Å². The first kappa shape index (κ1) is 17.6. The van der Waals surface area contributed by atoms with Crippen molar-refractivity contribution in [1.82, 2.24) is 10.2 Å². The molecule has 0 bridgehead atoms. The molecule has 2 aliphatic carbocycles. The maximum absolute atomic E-state index is 12.6. The number of amides is 1. The Bertz CT molecular complexity index is 863. The molecule has 8 heteroatoms. The fourth-order valence-corrected chi connectivity index (χ4v) is 5.06. The molecule has 1 saturated carbocycles. The average Bonchev–Trinajstić information content (AvgIpc) is 3.35. The quantitative estimate of drug-likeness (QED) is 0.607. The van der Waals surface area contributed by atoms with Gasteiger partial charge in [0.25, 0.3) is 5.22 Å². The first-order chi connectivity index (χ1) is 12.7. The second-order valence-corrected chi connectivity index (χ2v) is 9.21. The first-order valence-corrected chi connectivity index (χ1v) is 10.7. The fraction of sp³-hybridized carbons (Fsp3) is 0.556. The van der Waals surface area contributed by atoms with Crippen LogP contribution in [0, 0.1) is 11.3 Å². The summed E-state index contributed by atoms with van der Waals surface area (Å²) >= 11 is 2.81. The smallest absolute Gasteiger partial charge is 0.277 e. The van der Waals surface area contributed by atoms with E-state index in [9.17, 15) is 10.1 Å². The van der Waals surface area contributed by atoms with Gasteiger partial charge in [-0.15, -0.1) is 21.5 Å². The highest BCUT2D eigenvalue weighted by atomic mass is 32.2. The Labute approximate surface area is 160 Å². The van der Waals surface area contributed by atoms with Crippen molar-refractivity contribution in [2.45, 2.75) is 68.3 Å². The number of carbonyl (C=O) groups excluding carboxylic acids is 1. The summed E-state index contributed by atoms with van der Waals surface area (Å²) in [5.41, 5.74) is 1.78. The largest absolute Gasteiger partial charge is 0.416 e. The molecule has 1 fully saturated rings. The number of carbonyl (C=O) groups is 1. The Morgan fingerprint density at radius 1 is 1.35 bits per heavy atom. The zero-order valence-electron chi connectivity index (χ0n) is 14.6. The molecule has 2 heterocycles. The third-order valence-electron chi connectivity index (χ3n) is 4.77. The lowest BCUT2D eigenvalue weighted by atomic mass is 10.1. The van der Waals surface area contributed by atoms with Gasteiger partial charge in [0.1, 0.15) is 11.1 Å². The van der Waals surface area contributed by atoms with Crippen LogP contribution in [0.1, 0.15) is 66.8 Å². The van der Waals surface area contributed by atoms with Crippen LogP contribution in [0.4, 0.5) is 5.00 Å². The van der Waals surface area contributed by atoms with E-state index in [1.54, 1.807) is 11.3 Å². The Morgan fingerprint density at radius 2 is 2.15 bits per heavy atom. The third kappa shape index (κ3) is 3.64. The Kier molecular flexibility index (Phi) is 5.00. The molecule has 26 heavy (non-hydrogen) atoms. The van der Waals surface area contributed by atoms with Gasteiger partial charge < -0.3 is 9.73 Å². The second-order valence-electron chi connectivity index (χ2n) is 6.81. The number of thioether (sulfide) groups is 1. The predicted octanol–water partition coefficient (Wildman–Crippen LogP) is 4.27. The number of rotatable bonds is 5. The van der Waals surface area contributed by atoms with Crippen LogP contribution >= 0.6 is 23.1 Å². The molecule has 0 radical (unpaired) electrons. The van der Waals surface area contributed by atoms with Gasteiger partial charge in [-0.05, 0) is 51.0 Å². The van der Waals surface area contributed by atoms with Crippen LogP contribution in [0.25, 0.3) is 0 Å². The van der Waals surface area contributed by atoms with Crippen LogP contribution in [0.3, 0.4) is 0 Å². The number of anilines is 1. The van der Waals surface area contributed by atoms with E-state index < -0.39 is 0 Å². The fourth-order valence-electron chi connectivity index (χ4n) is 3.13. The van der Waals surface area contributed by atoms with Gasteiger partial charge in [-0.3, -0.25) is 4.79 Å². The van der Waals surface area contributed by atoms with E-state index in [1.165, 1.54) is 23.1 Å². The number of nitrogens with one attached hydrogen (secondary N) is 1. The van der Waals surface area contributed by atoms with Gasteiger partial charge >= 0.3 is 0 Å². The van der Waals surface area contributed by atoms with Crippen molar-refractivity contribution in [3.63, 3.8) is 0 Å². The number of aryl methyl sites for hydroxylation is 1. The molecule has 2 aromatic rings. The van der Waals surface area contributed by atoms with Gasteiger partial charge in [0.05, 0.1) is 10.8 Å². The van der Waals surface area contributed by atoms with Crippen LogP contribution in [0.2, 0.25) is 0 Å². The Morgan fingerprint density at radius 3 is 2.92 bits per heavy atom. The number of thiophene rings is 1. The van der Waals surface area contributed by atoms with Gasteiger partial charge in [0, 0.05) is 10.8 Å². The molecular weight excluding hydrogens is 368 g/mol. The van der Waals surface area contributed by atoms with Crippen LogP contribution in [0.15, 0.2) is 9.64 Å². The number of nitrogens with zero attached hydrogens (tertiary/aromatic N) is 3. The summed E-state index contributed by atoms with van der Waals surface area (Å²) in [7, 11) is 0. The minimum absolute atomic E-state index is 0.144. The van der Waals surface area contributed by atoms with Gasteiger partial charge in [0.2, 0.25) is 11.8 Å². The Balaban J connectivity index is 1.44. The van der Waals surface area contributed by atoms with Crippen molar-refractivity contribution in [1.29, 1.82) is 5.26 Å². The van der Waals surface area contributed by atoms with E-state index in [4.69, 9.17) is 4.42 Å². The van der Waals surface area contributed by atoms with E-state index in [1.807, 2.05) is 6.92 Å². The summed E-state index contributed by atoms with van der Waals surface area (Å²) in [6.45, 7) is 1.81. The summed E-state index contributed by atoms with van der Waals surface area (Å²) in [5, 5.41) is 21.3. The van der Waals surface area contributed by atoms with E-state index in [-0.39, 0.29) is 11.2 Å². The molecule has 1 amide bonds. The normalized spacial score (nSPS) is 17.8. The first-order valence-electron chi connectivity index (χ1n) is 9.01. The molecular formula is C18H20N4O2S2. The van der Waals surface area contributed by atoms with Crippen molar-refractivity contribution in [3.8, 4) is 6.07 Å². The molecule has 1 atom stereocenters. The molecule has 6 nitrogen and oxygen atoms in total. The molecule has 0 aromatic carbocycles. The van der Waals surface area contributed by atoms with Gasteiger partial charge in [-0.25, -0.2) is 0 Å². The highest BCUT2D eigenvalue weighted by Gasteiger charge is 2.30. The SMILES string of the molecule is C[C@H](Sc1nnc(C2CC2)o1)C(=O)Nc1sc2c(c1C#N)CCCCC2. The lowest BCUT2D eigenvalue weighted by Crippen LogP contribution is -2.22. The topological polar surface area (TPSA) is 91.8 Å². The van der Waals surface area contributed by atoms with E-state index in [0.717, 1.165) is 44.1 Å². The molecule has 2 aliphatic rings. The maximum atomic E-state index is 12.6. The van der Waals surface area contributed by atoms with Crippen LogP contribution in [-0.4, -0.2) is 21.4 Å². The predicted molar refractivity (Wildman–Crippen MR) is 101 cm³/mol. The monoisotopic (exact) mass is 388 g/mol. The number of aromatic nitrogens is 2. The zero-order valence-corrected chi connectivity index (χ0v) is 16.2. The number of fused-ring (bicyclic) bond motifs is 1. The lowest BCUT2D eigenvalue weighted by Gasteiger charge is -2.09. The van der Waals surface area contributed by atoms with Crippen molar-refractivity contribution in [3.05, 3.63) is 21.9 Å². The molecule has 1 N–H and O–H groups in total. The summed E-state index contributed by atoms with van der Waals surface area (Å²) in [6, 6.07) is 2.30. The molecule has 0 saturated heterocycles. The van der Waals surface area contributed by atoms with Crippen molar-refractivity contribution in [2.75, 3.05) is 5.32 Å². The van der Waals surface area contributed by atoms with E-state index in [0.29, 0.717) is 27.6 Å². The van der Waals surface area contributed by atoms with Crippen LogP contribution < -0.4 is 5.32 Å². The van der Waals surface area contributed by atoms with E-state index in [2.05, 4.69) is 21.6 Å². The molecule has 0 unspecified atom stereocenters. The second kappa shape index (κ2) is 7.41. The van der Waals surface area contributed by atoms with Crippen molar-refractivity contribution >= 4 is 34.0 Å². The third-order valence-corrected chi connectivity index (χ3v) is 6.91. The standard InChI is InChI=1S/C18H20N4O2S2/c1-10(25-18-22-21-16(24-18)11-7-8-11)15(23)20-17-13(9-19)12-5-3-2-4-6-14(12)26-17/h10-11H,2-8H2,1H3,(H,20,23)/t10-/m0/s1. The number of nitriles is 1. The molecule has 2 aromatic heterocycles. The Hall–Kier alpha value is -1.85. The highest BCUT2D eigenvalue weighted by Crippen LogP contribution is 2.40. The van der Waals surface area contributed by atoms with Crippen LogP contribution in [0.5, 0.6) is 0 Å². The molecule has 0 aliphatic heterocycles. The molecule has 0 spiro atoms. The zero-order chi connectivity index (χ0) is 18.1. The van der Waals surface area contributed by atoms with Crippen LogP contribution in [-0.2, 0) is 17.6 Å². The minimum Gasteiger partial charge on any atom is -0.416 e. The van der Waals surface area contributed by atoms with Crippen molar-refractivity contribution < 1.29 is 9.21 Å². The summed E-state index contributed by atoms with van der Waals surface area (Å²) in [4.78, 5) is 13.8. The average molecular weight is 389 g/mol.